The van der Waals surface area contributed by atoms with Gasteiger partial charge in [-0.25, -0.2) is 0 Å². The van der Waals surface area contributed by atoms with E-state index in [1.807, 2.05) is 54.6 Å². The van der Waals surface area contributed by atoms with Crippen molar-refractivity contribution < 1.29 is 4.79 Å². The first kappa shape index (κ1) is 21.8. The van der Waals surface area contributed by atoms with Crippen molar-refractivity contribution in [1.82, 2.24) is 10.3 Å². The molecule has 4 aromatic rings. The Bertz CT molecular complexity index is 1400. The monoisotopic (exact) mass is 492 g/mol. The van der Waals surface area contributed by atoms with Crippen molar-refractivity contribution in [2.45, 2.75) is 11.7 Å². The van der Waals surface area contributed by atoms with Crippen LogP contribution in [-0.4, -0.2) is 27.5 Å². The number of carbonyl (C=O) groups excluding carboxylic acids is 1. The summed E-state index contributed by atoms with van der Waals surface area (Å²) in [6.07, 6.45) is 2.18. The van der Waals surface area contributed by atoms with E-state index in [1.165, 1.54) is 11.8 Å². The van der Waals surface area contributed by atoms with Crippen molar-refractivity contribution in [2.75, 3.05) is 0 Å². The van der Waals surface area contributed by atoms with Crippen LogP contribution in [0.15, 0.2) is 83.0 Å². The van der Waals surface area contributed by atoms with Crippen LogP contribution in [0.1, 0.15) is 11.1 Å². The summed E-state index contributed by atoms with van der Waals surface area (Å²) in [5.41, 5.74) is 4.82. The number of amides is 1. The predicted molar refractivity (Wildman–Crippen MR) is 138 cm³/mol. The molecule has 33 heavy (non-hydrogen) atoms. The summed E-state index contributed by atoms with van der Waals surface area (Å²) in [7, 11) is 0. The van der Waals surface area contributed by atoms with Gasteiger partial charge in [0.15, 0.2) is 5.17 Å². The molecular formula is C25H18Cl2N4OS. The zero-order valence-electron chi connectivity index (χ0n) is 17.3. The molecule has 1 atom stereocenters. The minimum absolute atomic E-state index is 0.123. The first-order chi connectivity index (χ1) is 16.1. The Balaban J connectivity index is 1.39. The van der Waals surface area contributed by atoms with E-state index in [0.29, 0.717) is 21.6 Å². The maximum absolute atomic E-state index is 12.4. The highest BCUT2D eigenvalue weighted by molar-refractivity contribution is 8.15. The summed E-state index contributed by atoms with van der Waals surface area (Å²) < 4.78 is 0. The topological polar surface area (TPSA) is 69.6 Å². The number of halogens is 2. The van der Waals surface area contributed by atoms with Crippen molar-refractivity contribution in [3.63, 3.8) is 0 Å². The van der Waals surface area contributed by atoms with Crippen LogP contribution in [0.5, 0.6) is 0 Å². The third kappa shape index (κ3) is 4.69. The molecular weight excluding hydrogens is 475 g/mol. The Morgan fingerprint density at radius 3 is 2.64 bits per heavy atom. The van der Waals surface area contributed by atoms with E-state index in [9.17, 15) is 4.79 Å². The quantitative estimate of drug-likeness (QED) is 0.253. The van der Waals surface area contributed by atoms with E-state index in [-0.39, 0.29) is 11.2 Å². The lowest BCUT2D eigenvalue weighted by atomic mass is 10.1. The summed E-state index contributed by atoms with van der Waals surface area (Å²) in [6, 6.07) is 23.4. The molecule has 5 nitrogen and oxygen atoms in total. The molecule has 8 heteroatoms. The van der Waals surface area contributed by atoms with Crippen molar-refractivity contribution in [3.05, 3.63) is 94.0 Å². The fraction of sp³-hybridized carbons (Fsp3) is 0.0800. The summed E-state index contributed by atoms with van der Waals surface area (Å²) >= 11 is 13.7. The largest absolute Gasteiger partial charge is 0.354 e. The zero-order valence-corrected chi connectivity index (χ0v) is 19.6. The second-order valence-electron chi connectivity index (χ2n) is 7.51. The summed E-state index contributed by atoms with van der Waals surface area (Å²) in [6.45, 7) is 0. The van der Waals surface area contributed by atoms with Crippen LogP contribution in [0.2, 0.25) is 10.0 Å². The van der Waals surface area contributed by atoms with Gasteiger partial charge in [0.2, 0.25) is 5.91 Å². The van der Waals surface area contributed by atoms with Crippen LogP contribution >= 0.6 is 35.0 Å². The van der Waals surface area contributed by atoms with Gasteiger partial charge in [-0.1, -0.05) is 83.5 Å². The number of rotatable bonds is 5. The molecule has 1 aliphatic rings. The number of thioether (sulfide) groups is 1. The smallest absolute Gasteiger partial charge is 0.239 e. The van der Waals surface area contributed by atoms with Crippen molar-refractivity contribution in [3.8, 4) is 11.3 Å². The second-order valence-corrected chi connectivity index (χ2v) is 9.55. The molecule has 2 heterocycles. The minimum Gasteiger partial charge on any atom is -0.354 e. The van der Waals surface area contributed by atoms with E-state index >= 15 is 0 Å². The van der Waals surface area contributed by atoms with Crippen LogP contribution in [0.25, 0.3) is 22.2 Å². The van der Waals surface area contributed by atoms with Gasteiger partial charge in [-0.3, -0.25) is 4.79 Å². The molecule has 0 aliphatic carbocycles. The van der Waals surface area contributed by atoms with E-state index in [1.54, 1.807) is 24.4 Å². The average Bonchev–Trinajstić information content (AvgIpc) is 3.37. The van der Waals surface area contributed by atoms with Gasteiger partial charge in [0.05, 0.1) is 17.2 Å². The standard InChI is InChI=1S/C25H18Cl2N4OS/c26-17-10-11-20(27)16(12-17)13-22-24(32)30-25(33-22)31-28-14-19-18-8-4-5-9-21(18)29-23(19)15-6-2-1-3-7-15/h1-12,14,22,29H,13H2,(H,30,31,32)/b28-14+. The second kappa shape index (κ2) is 9.43. The number of nitrogens with zero attached hydrogens (tertiary/aromatic N) is 2. The molecule has 0 radical (unpaired) electrons. The SMILES string of the molecule is O=C1N/C(=N\N=C\c2c(-c3ccccc3)[nH]c3ccccc23)SC1Cc1cc(Cl)ccc1Cl. The number of para-hydroxylation sites is 1. The molecule has 1 amide bonds. The van der Waals surface area contributed by atoms with Crippen LogP contribution < -0.4 is 5.32 Å². The van der Waals surface area contributed by atoms with Gasteiger partial charge >= 0.3 is 0 Å². The maximum atomic E-state index is 12.4. The van der Waals surface area contributed by atoms with Crippen LogP contribution in [-0.2, 0) is 11.2 Å². The van der Waals surface area contributed by atoms with E-state index < -0.39 is 0 Å². The fourth-order valence-electron chi connectivity index (χ4n) is 3.76. The lowest BCUT2D eigenvalue weighted by molar-refractivity contribution is -0.118. The molecule has 1 aromatic heterocycles. The van der Waals surface area contributed by atoms with Gasteiger partial charge in [-0.15, -0.1) is 5.10 Å². The number of benzene rings is 3. The highest BCUT2D eigenvalue weighted by Crippen LogP contribution is 2.30. The maximum Gasteiger partial charge on any atom is 0.239 e. The first-order valence-corrected chi connectivity index (χ1v) is 11.9. The Labute approximate surface area is 204 Å². The number of hydrogen-bond donors (Lipinski definition) is 2. The summed E-state index contributed by atoms with van der Waals surface area (Å²) in [5.74, 6) is -0.123. The number of aromatic nitrogens is 1. The molecule has 3 aromatic carbocycles. The van der Waals surface area contributed by atoms with Crippen molar-refractivity contribution in [2.24, 2.45) is 10.2 Å². The number of amidine groups is 1. The van der Waals surface area contributed by atoms with Crippen LogP contribution in [0.3, 0.4) is 0 Å². The molecule has 5 rings (SSSR count). The third-order valence-corrected chi connectivity index (χ3v) is 7.01. The molecule has 0 saturated carbocycles. The van der Waals surface area contributed by atoms with Crippen LogP contribution in [0.4, 0.5) is 0 Å². The van der Waals surface area contributed by atoms with Gasteiger partial charge in [-0.2, -0.15) is 5.10 Å². The molecule has 1 aliphatic heterocycles. The van der Waals surface area contributed by atoms with E-state index in [2.05, 4.69) is 20.5 Å². The molecule has 1 saturated heterocycles. The zero-order chi connectivity index (χ0) is 22.8. The van der Waals surface area contributed by atoms with E-state index in [0.717, 1.165) is 33.3 Å². The Morgan fingerprint density at radius 1 is 1.00 bits per heavy atom. The van der Waals surface area contributed by atoms with E-state index in [4.69, 9.17) is 23.2 Å². The molecule has 2 N–H and O–H groups in total. The van der Waals surface area contributed by atoms with Gasteiger partial charge < -0.3 is 10.3 Å². The number of hydrogen-bond acceptors (Lipinski definition) is 4. The van der Waals surface area contributed by atoms with Gasteiger partial charge in [0, 0.05) is 26.5 Å². The number of H-pyrrole nitrogens is 1. The normalized spacial score (nSPS) is 17.3. The van der Waals surface area contributed by atoms with Crippen LogP contribution in [0, 0.1) is 0 Å². The predicted octanol–water partition coefficient (Wildman–Crippen LogP) is 6.31. The highest BCUT2D eigenvalue weighted by atomic mass is 35.5. The Hall–Kier alpha value is -3.06. The van der Waals surface area contributed by atoms with Gasteiger partial charge in [0.25, 0.3) is 0 Å². The Kier molecular flexibility index (Phi) is 6.22. The summed E-state index contributed by atoms with van der Waals surface area (Å²) in [4.78, 5) is 15.9. The molecule has 1 fully saturated rings. The van der Waals surface area contributed by atoms with Crippen molar-refractivity contribution >= 4 is 63.2 Å². The number of aromatic amines is 1. The summed E-state index contributed by atoms with van der Waals surface area (Å²) in [5, 5.41) is 13.7. The molecule has 164 valence electrons. The van der Waals surface area contributed by atoms with Gasteiger partial charge in [0.1, 0.15) is 0 Å². The lowest BCUT2D eigenvalue weighted by Crippen LogP contribution is -2.26. The molecule has 0 bridgehead atoms. The van der Waals surface area contributed by atoms with Gasteiger partial charge in [-0.05, 0) is 41.8 Å². The molecule has 0 spiro atoms. The third-order valence-electron chi connectivity index (χ3n) is 5.33. The lowest BCUT2D eigenvalue weighted by Gasteiger charge is -2.07. The first-order valence-electron chi connectivity index (χ1n) is 10.3. The average molecular weight is 493 g/mol. The van der Waals surface area contributed by atoms with Crippen molar-refractivity contribution in [1.29, 1.82) is 0 Å². The number of carbonyl (C=O) groups is 1. The highest BCUT2D eigenvalue weighted by Gasteiger charge is 2.31. The Morgan fingerprint density at radius 2 is 1.79 bits per heavy atom. The fourth-order valence-corrected chi connectivity index (χ4v) is 5.10. The minimum atomic E-state index is -0.345. The molecule has 1 unspecified atom stereocenters. The number of fused-ring (bicyclic) bond motifs is 1. The number of nitrogens with one attached hydrogen (secondary N) is 2.